The van der Waals surface area contributed by atoms with Crippen LogP contribution in [-0.4, -0.2) is 89.1 Å². The van der Waals surface area contributed by atoms with Crippen LogP contribution in [0, 0.1) is 0 Å². The van der Waals surface area contributed by atoms with E-state index in [1.165, 1.54) is 126 Å². The topological polar surface area (TPSA) is 133 Å². The number of hydrogen-bond donors (Lipinski definition) is 0. The highest BCUT2D eigenvalue weighted by atomic mass is 32.3. The van der Waals surface area contributed by atoms with Gasteiger partial charge in [-0.05, 0) is 23.7 Å². The highest BCUT2D eigenvalue weighted by Crippen LogP contribution is 2.16. The molecule has 9 nitrogen and oxygen atoms in total. The Morgan fingerprint density at radius 1 is 0.667 bits per heavy atom. The molecule has 1 fully saturated rings. The standard InChI is InChI=1S/C22H47NS.2CH4O4S/c1-4-5-6-7-8-9-10-11-12-13-14-15-16-17-18-23(2)19-21-24(3)22-20-23;2*1-5-6(2,3)4/h4-22H2,1-3H3;2*1H3,(H,2,3,4)/q+2;;/p-2. The van der Waals surface area contributed by atoms with Crippen molar-refractivity contribution in [3.8, 4) is 0 Å². The van der Waals surface area contributed by atoms with Crippen molar-refractivity contribution >= 4 is 31.7 Å². The quantitative estimate of drug-likeness (QED) is 0.0816. The molecule has 0 saturated carbocycles. The molecule has 12 heteroatoms. The van der Waals surface area contributed by atoms with Crippen LogP contribution < -0.4 is 0 Å². The van der Waals surface area contributed by atoms with Crippen molar-refractivity contribution in [3.05, 3.63) is 0 Å². The smallest absolute Gasteiger partial charge is 0.217 e. The predicted molar refractivity (Wildman–Crippen MR) is 148 cm³/mol. The minimum absolute atomic E-state index is 0.730. The molecule has 0 N–H and O–H groups in total. The maximum atomic E-state index is 9.22. The molecule has 0 aromatic carbocycles. The summed E-state index contributed by atoms with van der Waals surface area (Å²) in [5.41, 5.74) is 0. The zero-order chi connectivity index (χ0) is 27.9. The van der Waals surface area contributed by atoms with Gasteiger partial charge in [-0.25, -0.2) is 16.8 Å². The predicted octanol–water partition coefficient (Wildman–Crippen LogP) is 4.36. The van der Waals surface area contributed by atoms with Crippen molar-refractivity contribution in [2.24, 2.45) is 0 Å². The summed E-state index contributed by atoms with van der Waals surface area (Å²) in [7, 11) is -3.98. The largest absolute Gasteiger partial charge is 0.726 e. The van der Waals surface area contributed by atoms with Gasteiger partial charge >= 0.3 is 0 Å². The number of nitrogens with zero attached hydrogens (tertiary/aromatic N) is 1. The second kappa shape index (κ2) is 23.0. The molecule has 0 spiro atoms. The van der Waals surface area contributed by atoms with Gasteiger partial charge in [-0.3, -0.25) is 8.37 Å². The highest BCUT2D eigenvalue weighted by molar-refractivity contribution is 7.96. The number of unbranched alkanes of at least 4 members (excludes halogenated alkanes) is 13. The average Bonchev–Trinajstić information content (AvgIpc) is 2.81. The molecule has 0 amide bonds. The Hall–Kier alpha value is 0.0500. The van der Waals surface area contributed by atoms with E-state index in [-0.39, 0.29) is 0 Å². The zero-order valence-electron chi connectivity index (χ0n) is 23.4. The first-order valence-electron chi connectivity index (χ1n) is 13.2. The van der Waals surface area contributed by atoms with E-state index in [4.69, 9.17) is 0 Å². The summed E-state index contributed by atoms with van der Waals surface area (Å²) in [5, 5.41) is 0. The Morgan fingerprint density at radius 2 is 0.944 bits per heavy atom. The van der Waals surface area contributed by atoms with Crippen LogP contribution in [0.15, 0.2) is 0 Å². The van der Waals surface area contributed by atoms with Crippen molar-refractivity contribution in [3.63, 3.8) is 0 Å². The van der Waals surface area contributed by atoms with Gasteiger partial charge in [-0.2, -0.15) is 0 Å². The summed E-state index contributed by atoms with van der Waals surface area (Å²) in [4.78, 5) is 0. The minimum Gasteiger partial charge on any atom is -0.726 e. The lowest BCUT2D eigenvalue weighted by atomic mass is 10.0. The third-order valence-corrected chi connectivity index (χ3v) is 8.99. The molecule has 0 aliphatic carbocycles. The Bertz CT molecular complexity index is 662. The molecule has 220 valence electrons. The first-order valence-corrected chi connectivity index (χ1v) is 17.9. The molecule has 0 aromatic rings. The molecule has 1 aliphatic rings. The molecule has 0 radical (unpaired) electrons. The van der Waals surface area contributed by atoms with Crippen LogP contribution in [0.2, 0.25) is 0 Å². The first kappa shape index (κ1) is 38.2. The zero-order valence-corrected chi connectivity index (χ0v) is 25.8. The van der Waals surface area contributed by atoms with E-state index in [2.05, 4.69) is 28.6 Å². The van der Waals surface area contributed by atoms with Crippen molar-refractivity contribution in [2.75, 3.05) is 58.7 Å². The average molecular weight is 580 g/mol. The second-order valence-corrected chi connectivity index (χ2v) is 14.4. The van der Waals surface area contributed by atoms with Gasteiger partial charge in [0.1, 0.15) is 13.1 Å². The summed E-state index contributed by atoms with van der Waals surface area (Å²) in [6.45, 7) is 6.63. The van der Waals surface area contributed by atoms with Crippen LogP contribution >= 0.6 is 0 Å². The summed E-state index contributed by atoms with van der Waals surface area (Å²) in [6, 6.07) is 0. The molecule has 1 aliphatic heterocycles. The maximum Gasteiger partial charge on any atom is 0.217 e. The van der Waals surface area contributed by atoms with Crippen molar-refractivity contribution in [1.29, 1.82) is 0 Å². The summed E-state index contributed by atoms with van der Waals surface area (Å²) in [6.07, 6.45) is 23.0. The fraction of sp³-hybridized carbons (Fsp3) is 1.00. The summed E-state index contributed by atoms with van der Waals surface area (Å²) < 4.78 is 63.4. The minimum atomic E-state index is -4.41. The van der Waals surface area contributed by atoms with Crippen molar-refractivity contribution in [1.82, 2.24) is 0 Å². The third kappa shape index (κ3) is 30.3. The highest BCUT2D eigenvalue weighted by Gasteiger charge is 2.32. The molecule has 0 atom stereocenters. The van der Waals surface area contributed by atoms with E-state index in [1.807, 2.05) is 0 Å². The van der Waals surface area contributed by atoms with Gasteiger partial charge in [0, 0.05) is 0 Å². The number of hydrogen-bond acceptors (Lipinski definition) is 8. The lowest BCUT2D eigenvalue weighted by Crippen LogP contribution is -2.54. The van der Waals surface area contributed by atoms with Gasteiger partial charge in [0.25, 0.3) is 0 Å². The van der Waals surface area contributed by atoms with Crippen molar-refractivity contribution in [2.45, 2.75) is 96.8 Å². The fourth-order valence-corrected chi connectivity index (χ4v) is 5.59. The van der Waals surface area contributed by atoms with Crippen LogP contribution in [0.3, 0.4) is 0 Å². The second-order valence-electron chi connectivity index (χ2n) is 9.73. The van der Waals surface area contributed by atoms with E-state index < -0.39 is 20.8 Å². The van der Waals surface area contributed by atoms with Gasteiger partial charge in [-0.1, -0.05) is 84.0 Å². The molecule has 1 rings (SSSR count). The van der Waals surface area contributed by atoms with E-state index >= 15 is 0 Å². The number of rotatable bonds is 17. The van der Waals surface area contributed by atoms with Crippen molar-refractivity contribution < 1.29 is 38.8 Å². The van der Waals surface area contributed by atoms with Gasteiger partial charge in [-0.15, -0.1) is 0 Å². The fourth-order valence-electron chi connectivity index (χ4n) is 3.88. The SMILES string of the molecule is CCCCCCCCCCCCCCCC[N+]1(C)CC[S+](C)CC1.COS(=O)(=O)[O-].COS(=O)(=O)[O-]. The number of quaternary nitrogens is 1. The molecule has 0 unspecified atom stereocenters. The van der Waals surface area contributed by atoms with Crippen LogP contribution in [0.25, 0.3) is 0 Å². The molecule has 0 bridgehead atoms. The molecular weight excluding hydrogens is 526 g/mol. The van der Waals surface area contributed by atoms with Crippen LogP contribution in [0.4, 0.5) is 0 Å². The Balaban J connectivity index is 0. The van der Waals surface area contributed by atoms with E-state index in [0.29, 0.717) is 0 Å². The van der Waals surface area contributed by atoms with Crippen LogP contribution in [0.5, 0.6) is 0 Å². The summed E-state index contributed by atoms with van der Waals surface area (Å²) >= 11 is 0. The molecule has 0 aromatic heterocycles. The maximum absolute atomic E-state index is 9.22. The molecular formula is C24H53NO8S3. The van der Waals surface area contributed by atoms with Gasteiger partial charge in [0.15, 0.2) is 11.5 Å². The monoisotopic (exact) mass is 579 g/mol. The van der Waals surface area contributed by atoms with E-state index in [1.54, 1.807) is 0 Å². The Kier molecular flexibility index (Phi) is 24.4. The van der Waals surface area contributed by atoms with E-state index in [9.17, 15) is 25.9 Å². The molecule has 1 heterocycles. The lowest BCUT2D eigenvalue weighted by Gasteiger charge is -2.36. The Morgan fingerprint density at radius 3 is 1.22 bits per heavy atom. The summed E-state index contributed by atoms with van der Waals surface area (Å²) in [5.74, 6) is 2.96. The molecule has 1 saturated heterocycles. The van der Waals surface area contributed by atoms with Gasteiger partial charge in [0.2, 0.25) is 20.8 Å². The first-order chi connectivity index (χ1) is 16.8. The normalized spacial score (nSPS) is 20.1. The Labute approximate surface area is 225 Å². The van der Waals surface area contributed by atoms with Crippen LogP contribution in [-0.2, 0) is 40.1 Å². The van der Waals surface area contributed by atoms with Crippen LogP contribution in [0.1, 0.15) is 96.8 Å². The van der Waals surface area contributed by atoms with Gasteiger partial charge in [0.05, 0.1) is 34.1 Å². The molecule has 36 heavy (non-hydrogen) atoms. The van der Waals surface area contributed by atoms with Gasteiger partial charge < -0.3 is 13.6 Å². The third-order valence-electron chi connectivity index (χ3n) is 6.42. The van der Waals surface area contributed by atoms with E-state index in [0.717, 1.165) is 25.1 Å². The lowest BCUT2D eigenvalue weighted by molar-refractivity contribution is -0.906.